The second kappa shape index (κ2) is 7.01. The van der Waals surface area contributed by atoms with E-state index in [4.69, 9.17) is 5.26 Å². The Kier molecular flexibility index (Phi) is 5.08. The predicted octanol–water partition coefficient (Wildman–Crippen LogP) is 1.34. The summed E-state index contributed by atoms with van der Waals surface area (Å²) in [5, 5.41) is 17.9. The summed E-state index contributed by atoms with van der Waals surface area (Å²) in [6.07, 6.45) is 3.58. The van der Waals surface area contributed by atoms with Gasteiger partial charge in [-0.25, -0.2) is 9.97 Å². The van der Waals surface area contributed by atoms with Gasteiger partial charge < -0.3 is 4.90 Å². The summed E-state index contributed by atoms with van der Waals surface area (Å²) in [6, 6.07) is 4.42. The number of rotatable bonds is 5. The maximum Gasteiger partial charge on any atom is 0.136 e. The van der Waals surface area contributed by atoms with Gasteiger partial charge in [-0.3, -0.25) is 4.90 Å². The first-order chi connectivity index (χ1) is 10.2. The van der Waals surface area contributed by atoms with Gasteiger partial charge in [0.05, 0.1) is 23.8 Å². The van der Waals surface area contributed by atoms with Crippen LogP contribution in [0.4, 0.5) is 5.82 Å². The highest BCUT2D eigenvalue weighted by Gasteiger charge is 2.23. The van der Waals surface area contributed by atoms with E-state index in [9.17, 15) is 5.26 Å². The van der Waals surface area contributed by atoms with Crippen molar-refractivity contribution < 1.29 is 0 Å². The molecule has 21 heavy (non-hydrogen) atoms. The van der Waals surface area contributed by atoms with E-state index >= 15 is 0 Å². The van der Waals surface area contributed by atoms with Gasteiger partial charge in [0.25, 0.3) is 0 Å². The molecule has 0 bridgehead atoms. The first-order valence-corrected chi connectivity index (χ1v) is 7.14. The molecule has 6 nitrogen and oxygen atoms in total. The monoisotopic (exact) mass is 284 g/mol. The molecule has 0 aromatic carbocycles. The molecular formula is C15H20N6. The zero-order chi connectivity index (χ0) is 15.2. The van der Waals surface area contributed by atoms with E-state index in [1.54, 1.807) is 6.33 Å². The van der Waals surface area contributed by atoms with Crippen LogP contribution in [-0.4, -0.2) is 42.1 Å². The molecule has 0 amide bonds. The third-order valence-electron chi connectivity index (χ3n) is 3.75. The zero-order valence-electron chi connectivity index (χ0n) is 12.6. The van der Waals surface area contributed by atoms with Crippen molar-refractivity contribution in [2.75, 3.05) is 32.1 Å². The van der Waals surface area contributed by atoms with Crippen LogP contribution in [0.2, 0.25) is 0 Å². The van der Waals surface area contributed by atoms with Crippen molar-refractivity contribution in [3.05, 3.63) is 17.6 Å². The van der Waals surface area contributed by atoms with Crippen LogP contribution < -0.4 is 4.90 Å². The van der Waals surface area contributed by atoms with Crippen LogP contribution in [-0.2, 0) is 13.0 Å². The quantitative estimate of drug-likeness (QED) is 0.812. The number of hydrogen-bond donors (Lipinski definition) is 0. The van der Waals surface area contributed by atoms with Crippen molar-refractivity contribution in [2.24, 2.45) is 5.92 Å². The summed E-state index contributed by atoms with van der Waals surface area (Å²) in [5.74, 6) is 0.869. The lowest BCUT2D eigenvalue weighted by atomic mass is 10.0. The van der Waals surface area contributed by atoms with E-state index in [-0.39, 0.29) is 5.92 Å². The van der Waals surface area contributed by atoms with Crippen LogP contribution in [0.3, 0.4) is 0 Å². The average molecular weight is 284 g/mol. The summed E-state index contributed by atoms with van der Waals surface area (Å²) in [7, 11) is 3.96. The van der Waals surface area contributed by atoms with Crippen LogP contribution in [0, 0.1) is 28.6 Å². The van der Waals surface area contributed by atoms with Gasteiger partial charge in [-0.15, -0.1) is 0 Å². The molecule has 0 spiro atoms. The molecule has 0 fully saturated rings. The van der Waals surface area contributed by atoms with Gasteiger partial charge in [0.1, 0.15) is 12.1 Å². The van der Waals surface area contributed by atoms with Crippen molar-refractivity contribution >= 4 is 5.82 Å². The van der Waals surface area contributed by atoms with Crippen molar-refractivity contribution in [3.8, 4) is 12.1 Å². The molecule has 1 atom stereocenters. The Labute approximate surface area is 125 Å². The molecule has 6 heteroatoms. The van der Waals surface area contributed by atoms with E-state index in [0.717, 1.165) is 36.6 Å². The summed E-state index contributed by atoms with van der Waals surface area (Å²) in [5.41, 5.74) is 2.27. The van der Waals surface area contributed by atoms with Crippen molar-refractivity contribution in [1.82, 2.24) is 14.9 Å². The number of hydrogen-bond acceptors (Lipinski definition) is 6. The highest BCUT2D eigenvalue weighted by atomic mass is 15.2. The lowest BCUT2D eigenvalue weighted by Crippen LogP contribution is -2.36. The van der Waals surface area contributed by atoms with E-state index in [2.05, 4.69) is 27.0 Å². The first kappa shape index (κ1) is 15.2. The highest BCUT2D eigenvalue weighted by molar-refractivity contribution is 5.48. The Balaban J connectivity index is 2.08. The summed E-state index contributed by atoms with van der Waals surface area (Å²) >= 11 is 0. The van der Waals surface area contributed by atoms with Crippen LogP contribution in [0.15, 0.2) is 6.33 Å². The maximum atomic E-state index is 9.20. The molecule has 1 aliphatic heterocycles. The zero-order valence-corrected chi connectivity index (χ0v) is 12.6. The summed E-state index contributed by atoms with van der Waals surface area (Å²) < 4.78 is 0. The molecule has 0 radical (unpaired) electrons. The van der Waals surface area contributed by atoms with E-state index in [1.165, 1.54) is 0 Å². The number of nitrogens with zero attached hydrogens (tertiary/aromatic N) is 6. The third kappa shape index (κ3) is 3.68. The van der Waals surface area contributed by atoms with Crippen molar-refractivity contribution in [2.45, 2.75) is 25.8 Å². The minimum atomic E-state index is -0.0846. The molecule has 0 saturated heterocycles. The Morgan fingerprint density at radius 2 is 2.19 bits per heavy atom. The second-order valence-electron chi connectivity index (χ2n) is 5.52. The maximum absolute atomic E-state index is 9.20. The third-order valence-corrected chi connectivity index (χ3v) is 3.75. The molecule has 1 aromatic rings. The van der Waals surface area contributed by atoms with Gasteiger partial charge in [-0.05, 0) is 6.42 Å². The number of nitriles is 2. The molecule has 1 aliphatic rings. The lowest BCUT2D eigenvalue weighted by molar-refractivity contribution is 0.226. The molecule has 2 heterocycles. The van der Waals surface area contributed by atoms with Gasteiger partial charge >= 0.3 is 0 Å². The number of fused-ring (bicyclic) bond motifs is 1. The topological polar surface area (TPSA) is 79.8 Å². The van der Waals surface area contributed by atoms with Crippen LogP contribution in [0.25, 0.3) is 0 Å². The Hall–Kier alpha value is -2.18. The van der Waals surface area contributed by atoms with Gasteiger partial charge in [0, 0.05) is 52.1 Å². The fourth-order valence-electron chi connectivity index (χ4n) is 2.67. The molecule has 1 aromatic heterocycles. The molecular weight excluding hydrogens is 264 g/mol. The predicted molar refractivity (Wildman–Crippen MR) is 79.3 cm³/mol. The van der Waals surface area contributed by atoms with Crippen LogP contribution in [0.5, 0.6) is 0 Å². The standard InChI is InChI=1S/C15H20N6/c1-20(2)15-13-10-21(7-5-14(13)18-11-19-15)9-12(8-17)4-3-6-16/h11-12H,3-5,7,9-10H2,1-2H3. The highest BCUT2D eigenvalue weighted by Crippen LogP contribution is 2.25. The fraction of sp³-hybridized carbons (Fsp3) is 0.600. The normalized spacial score (nSPS) is 15.6. The Morgan fingerprint density at radius 3 is 2.86 bits per heavy atom. The van der Waals surface area contributed by atoms with Crippen molar-refractivity contribution in [1.29, 1.82) is 10.5 Å². The van der Waals surface area contributed by atoms with Gasteiger partial charge in [-0.1, -0.05) is 0 Å². The summed E-state index contributed by atoms with van der Waals surface area (Å²) in [6.45, 7) is 2.38. The average Bonchev–Trinajstić information content (AvgIpc) is 2.50. The Bertz CT molecular complexity index is 569. The molecule has 1 unspecified atom stereocenters. The SMILES string of the molecule is CN(C)c1ncnc2c1CN(CC(C#N)CCC#N)CC2. The fourth-order valence-corrected chi connectivity index (χ4v) is 2.67. The van der Waals surface area contributed by atoms with Gasteiger partial charge in [0.2, 0.25) is 0 Å². The van der Waals surface area contributed by atoms with Crippen molar-refractivity contribution in [3.63, 3.8) is 0 Å². The minimum Gasteiger partial charge on any atom is -0.362 e. The molecule has 2 rings (SSSR count). The number of aromatic nitrogens is 2. The molecule has 110 valence electrons. The molecule has 0 N–H and O–H groups in total. The van der Waals surface area contributed by atoms with Crippen LogP contribution >= 0.6 is 0 Å². The summed E-state index contributed by atoms with van der Waals surface area (Å²) in [4.78, 5) is 13.0. The number of anilines is 1. The second-order valence-corrected chi connectivity index (χ2v) is 5.52. The van der Waals surface area contributed by atoms with Gasteiger partial charge in [0.15, 0.2) is 0 Å². The minimum absolute atomic E-state index is 0.0846. The van der Waals surface area contributed by atoms with Crippen LogP contribution in [0.1, 0.15) is 24.1 Å². The smallest absolute Gasteiger partial charge is 0.136 e. The largest absolute Gasteiger partial charge is 0.362 e. The van der Waals surface area contributed by atoms with E-state index < -0.39 is 0 Å². The van der Waals surface area contributed by atoms with Gasteiger partial charge in [-0.2, -0.15) is 10.5 Å². The molecule has 0 aliphatic carbocycles. The lowest BCUT2D eigenvalue weighted by Gasteiger charge is -2.31. The Morgan fingerprint density at radius 1 is 1.38 bits per heavy atom. The van der Waals surface area contributed by atoms with E-state index in [0.29, 0.717) is 19.4 Å². The van der Waals surface area contributed by atoms with E-state index in [1.807, 2.05) is 19.0 Å². The first-order valence-electron chi connectivity index (χ1n) is 7.14. The molecule has 0 saturated carbocycles.